The van der Waals surface area contributed by atoms with Crippen LogP contribution >= 0.6 is 0 Å². The molecule has 0 radical (unpaired) electrons. The lowest BCUT2D eigenvalue weighted by atomic mass is 9.82. The van der Waals surface area contributed by atoms with Crippen LogP contribution < -0.4 is 10.9 Å². The Morgan fingerprint density at radius 3 is 2.54 bits per heavy atom. The number of nitrogens with zero attached hydrogens (tertiary/aromatic N) is 2. The molecule has 7 heteroatoms. The van der Waals surface area contributed by atoms with E-state index in [1.165, 1.54) is 51.1 Å². The van der Waals surface area contributed by atoms with Crippen LogP contribution in [0.3, 0.4) is 0 Å². The lowest BCUT2D eigenvalue weighted by Crippen LogP contribution is -2.36. The van der Waals surface area contributed by atoms with Crippen molar-refractivity contribution in [1.82, 2.24) is 15.8 Å². The smallest absolute Gasteiger partial charge is 0.302 e. The summed E-state index contributed by atoms with van der Waals surface area (Å²) in [5.41, 5.74) is 9.58. The fourth-order valence-electron chi connectivity index (χ4n) is 4.89. The van der Waals surface area contributed by atoms with Crippen molar-refractivity contribution < 1.29 is 14.3 Å². The molecule has 1 unspecified atom stereocenters. The van der Waals surface area contributed by atoms with Gasteiger partial charge in [-0.05, 0) is 87.9 Å². The van der Waals surface area contributed by atoms with E-state index in [0.29, 0.717) is 18.9 Å². The average molecular weight is 543 g/mol. The van der Waals surface area contributed by atoms with Gasteiger partial charge in [-0.1, -0.05) is 64.8 Å². The molecule has 2 N–H and O–H groups in total. The van der Waals surface area contributed by atoms with Crippen molar-refractivity contribution in [3.63, 3.8) is 0 Å². The number of piperidine rings is 1. The van der Waals surface area contributed by atoms with E-state index in [1.54, 1.807) is 0 Å². The van der Waals surface area contributed by atoms with Crippen LogP contribution in [-0.2, 0) is 14.3 Å². The highest BCUT2D eigenvalue weighted by Gasteiger charge is 2.24. The minimum absolute atomic E-state index is 0.224. The Morgan fingerprint density at radius 1 is 1.18 bits per heavy atom. The topological polar surface area (TPSA) is 83.0 Å². The zero-order valence-electron chi connectivity index (χ0n) is 25.5. The molecule has 1 aliphatic heterocycles. The highest BCUT2D eigenvalue weighted by molar-refractivity contribution is 5.65. The molecule has 1 atom stereocenters. The van der Waals surface area contributed by atoms with E-state index in [1.807, 2.05) is 6.08 Å². The largest absolute Gasteiger partial charge is 0.465 e. The molecule has 0 bridgehead atoms. The molecule has 1 rings (SSSR count). The minimum Gasteiger partial charge on any atom is -0.465 e. The predicted molar refractivity (Wildman–Crippen MR) is 163 cm³/mol. The number of nitrogens with one attached hydrogen (secondary N) is 2. The highest BCUT2D eigenvalue weighted by Crippen LogP contribution is 2.32. The van der Waals surface area contributed by atoms with Gasteiger partial charge in [0.2, 0.25) is 6.41 Å². The summed E-state index contributed by atoms with van der Waals surface area (Å²) in [5, 5.41) is 0. The van der Waals surface area contributed by atoms with Gasteiger partial charge in [-0.15, -0.1) is 0 Å². The third-order valence-corrected chi connectivity index (χ3v) is 7.22. The Balaban J connectivity index is 2.85. The lowest BCUT2D eigenvalue weighted by Gasteiger charge is -2.33. The number of likely N-dealkylation sites (tertiary alicyclic amines) is 1. The van der Waals surface area contributed by atoms with E-state index in [0.717, 1.165) is 49.3 Å². The second kappa shape index (κ2) is 18.7. The zero-order valence-corrected chi connectivity index (χ0v) is 25.5. The molecular weight excluding hydrogens is 488 g/mol. The van der Waals surface area contributed by atoms with Crippen LogP contribution in [0.15, 0.2) is 52.2 Å². The Kier molecular flexibility index (Phi) is 16.6. The first-order valence-electron chi connectivity index (χ1n) is 14.5. The predicted octanol–water partition coefficient (Wildman–Crippen LogP) is 6.16. The summed E-state index contributed by atoms with van der Waals surface area (Å²) in [5.74, 6) is 0.553. The third-order valence-electron chi connectivity index (χ3n) is 7.22. The first-order valence-corrected chi connectivity index (χ1v) is 14.5. The van der Waals surface area contributed by atoms with Crippen molar-refractivity contribution in [2.24, 2.45) is 22.2 Å². The maximum atomic E-state index is 11.4. The molecule has 0 spiro atoms. The second-order valence-corrected chi connectivity index (χ2v) is 11.9. The SMILES string of the molecule is C=N/C(=C/C=C(\CC(C)(C)COC(C)=O)C(=C)/C=C(\C)C1CCCN(CCCCCCNNC=O)C1)C(C)C. The first-order chi connectivity index (χ1) is 18.5. The van der Waals surface area contributed by atoms with E-state index in [4.69, 9.17) is 4.74 Å². The summed E-state index contributed by atoms with van der Waals surface area (Å²) in [6.07, 6.45) is 14.9. The summed E-state index contributed by atoms with van der Waals surface area (Å²) in [7, 11) is 0. The molecule has 39 heavy (non-hydrogen) atoms. The second-order valence-electron chi connectivity index (χ2n) is 11.9. The first kappa shape index (κ1) is 34.5. The van der Waals surface area contributed by atoms with Crippen molar-refractivity contribution in [3.8, 4) is 0 Å². The average Bonchev–Trinajstić information content (AvgIpc) is 2.88. The van der Waals surface area contributed by atoms with Crippen LogP contribution in [0.5, 0.6) is 0 Å². The highest BCUT2D eigenvalue weighted by atomic mass is 16.5. The molecule has 1 saturated heterocycles. The molecule has 0 aromatic heterocycles. The number of aliphatic imine (C=N–C) groups is 1. The van der Waals surface area contributed by atoms with Crippen molar-refractivity contribution >= 4 is 19.1 Å². The van der Waals surface area contributed by atoms with Crippen molar-refractivity contribution in [3.05, 3.63) is 47.2 Å². The molecule has 0 saturated carbocycles. The Hall–Kier alpha value is -2.51. The quantitative estimate of drug-likeness (QED) is 0.0510. The number of hydrazine groups is 1. The number of allylic oxidation sites excluding steroid dienone is 6. The number of hydrogen-bond donors (Lipinski definition) is 2. The summed E-state index contributed by atoms with van der Waals surface area (Å²) in [6.45, 7) is 24.9. The monoisotopic (exact) mass is 542 g/mol. The van der Waals surface area contributed by atoms with Crippen LogP contribution in [0.2, 0.25) is 0 Å². The van der Waals surface area contributed by atoms with E-state index < -0.39 is 0 Å². The van der Waals surface area contributed by atoms with Gasteiger partial charge in [0.1, 0.15) is 0 Å². The standard InChI is InChI=1S/C32H54N4O3/c1-25(2)31(33-8)16-15-29(21-32(6,7)23-39-28(5)38)26(3)20-27(4)30-14-13-19-36(22-30)18-12-10-9-11-17-34-35-24-37/h15-16,20,24-25,30,34H,3,8-14,17-19,21-23H2,1-2,4-7H3,(H,35,37)/b27-20+,29-15+,31-16+. The van der Waals surface area contributed by atoms with Gasteiger partial charge in [0.15, 0.2) is 0 Å². The lowest BCUT2D eigenvalue weighted by molar-refractivity contribution is -0.143. The normalized spacial score (nSPS) is 17.7. The Labute approximate surface area is 237 Å². The molecule has 220 valence electrons. The van der Waals surface area contributed by atoms with Gasteiger partial charge < -0.3 is 9.64 Å². The van der Waals surface area contributed by atoms with Gasteiger partial charge in [0.25, 0.3) is 0 Å². The van der Waals surface area contributed by atoms with E-state index in [2.05, 4.69) is 80.8 Å². The van der Waals surface area contributed by atoms with Crippen LogP contribution in [0.25, 0.3) is 0 Å². The molecule has 1 aliphatic rings. The Morgan fingerprint density at radius 2 is 1.90 bits per heavy atom. The maximum absolute atomic E-state index is 11.4. The van der Waals surface area contributed by atoms with Gasteiger partial charge in [-0.25, -0.2) is 5.43 Å². The maximum Gasteiger partial charge on any atom is 0.302 e. The van der Waals surface area contributed by atoms with E-state index in [-0.39, 0.29) is 17.3 Å². The van der Waals surface area contributed by atoms with Crippen molar-refractivity contribution in [2.75, 3.05) is 32.8 Å². The van der Waals surface area contributed by atoms with Gasteiger partial charge in [0.05, 0.1) is 6.61 Å². The molecule has 0 aromatic carbocycles. The minimum atomic E-state index is -0.258. The number of ether oxygens (including phenoxy) is 1. The number of carbonyl (C=O) groups is 2. The van der Waals surface area contributed by atoms with Gasteiger partial charge in [0, 0.05) is 31.1 Å². The fourth-order valence-corrected chi connectivity index (χ4v) is 4.89. The molecular formula is C32H54N4O3. The molecule has 7 nitrogen and oxygen atoms in total. The van der Waals surface area contributed by atoms with E-state index in [9.17, 15) is 9.59 Å². The zero-order chi connectivity index (χ0) is 29.3. The van der Waals surface area contributed by atoms with Crippen molar-refractivity contribution in [2.45, 2.75) is 86.5 Å². The van der Waals surface area contributed by atoms with Gasteiger partial charge >= 0.3 is 5.97 Å². The van der Waals surface area contributed by atoms with Crippen LogP contribution in [0, 0.1) is 17.3 Å². The fraction of sp³-hybridized carbons (Fsp3) is 0.656. The number of rotatable bonds is 19. The summed E-state index contributed by atoms with van der Waals surface area (Å²) >= 11 is 0. The van der Waals surface area contributed by atoms with Crippen molar-refractivity contribution in [1.29, 1.82) is 0 Å². The molecule has 0 aromatic rings. The van der Waals surface area contributed by atoms with Gasteiger partial charge in [-0.3, -0.25) is 20.0 Å². The van der Waals surface area contributed by atoms with Gasteiger partial charge in [-0.2, -0.15) is 0 Å². The number of amides is 1. The number of esters is 1. The van der Waals surface area contributed by atoms with Crippen LogP contribution in [0.4, 0.5) is 0 Å². The van der Waals surface area contributed by atoms with Crippen LogP contribution in [0.1, 0.15) is 86.5 Å². The molecule has 0 aliphatic carbocycles. The molecule has 1 heterocycles. The number of carbonyl (C=O) groups excluding carboxylic acids is 2. The summed E-state index contributed by atoms with van der Waals surface area (Å²) in [4.78, 5) is 28.5. The Bertz CT molecular complexity index is 886. The third kappa shape index (κ3) is 15.0. The number of unbranched alkanes of at least 4 members (excludes halogenated alkanes) is 3. The molecule has 1 amide bonds. The van der Waals surface area contributed by atoms with E-state index >= 15 is 0 Å². The summed E-state index contributed by atoms with van der Waals surface area (Å²) in [6, 6.07) is 0. The number of hydrogen-bond acceptors (Lipinski definition) is 6. The van der Waals surface area contributed by atoms with Crippen LogP contribution in [-0.4, -0.2) is 56.8 Å². The summed E-state index contributed by atoms with van der Waals surface area (Å²) < 4.78 is 5.35. The molecule has 1 fully saturated rings.